The number of rotatable bonds is 5. The van der Waals surface area contributed by atoms with Crippen molar-refractivity contribution < 1.29 is 14.3 Å². The number of aromatic amines is 1. The van der Waals surface area contributed by atoms with Gasteiger partial charge in [0.25, 0.3) is 0 Å². The van der Waals surface area contributed by atoms with Gasteiger partial charge >= 0.3 is 5.97 Å². The van der Waals surface area contributed by atoms with Gasteiger partial charge in [0.1, 0.15) is 11.4 Å². The highest BCUT2D eigenvalue weighted by atomic mass is 79.9. The number of methoxy groups -OCH3 is 2. The molecule has 0 aliphatic rings. The molecule has 5 nitrogen and oxygen atoms in total. The average Bonchev–Trinajstić information content (AvgIpc) is 2.93. The van der Waals surface area contributed by atoms with Crippen LogP contribution in [-0.4, -0.2) is 25.2 Å². The van der Waals surface area contributed by atoms with Gasteiger partial charge in [-0.1, -0.05) is 15.9 Å². The summed E-state index contributed by atoms with van der Waals surface area (Å²) in [6.07, 6.45) is 0. The van der Waals surface area contributed by atoms with E-state index in [9.17, 15) is 4.79 Å². The Balaban J connectivity index is 2.13. The number of benzene rings is 1. The van der Waals surface area contributed by atoms with Gasteiger partial charge in [-0.3, -0.25) is 0 Å². The third-order valence-electron chi connectivity index (χ3n) is 3.09. The van der Waals surface area contributed by atoms with E-state index < -0.39 is 0 Å². The van der Waals surface area contributed by atoms with E-state index in [0.29, 0.717) is 12.2 Å². The standard InChI is InChI=1S/C15H17BrN2O3/c1-9-6-10(16)7-13(20-2)14(9)17-8-11-4-5-12(18-11)15(19)21-3/h4-7,17-18H,8H2,1-3H3. The van der Waals surface area contributed by atoms with Crippen molar-refractivity contribution in [3.05, 3.63) is 45.7 Å². The fraction of sp³-hybridized carbons (Fsp3) is 0.267. The van der Waals surface area contributed by atoms with Gasteiger partial charge in [-0.05, 0) is 36.8 Å². The lowest BCUT2D eigenvalue weighted by Gasteiger charge is -2.14. The van der Waals surface area contributed by atoms with Crippen molar-refractivity contribution in [3.63, 3.8) is 0 Å². The van der Waals surface area contributed by atoms with Crippen molar-refractivity contribution in [2.24, 2.45) is 0 Å². The maximum absolute atomic E-state index is 11.4. The van der Waals surface area contributed by atoms with Crippen LogP contribution < -0.4 is 10.1 Å². The predicted octanol–water partition coefficient (Wildman–Crippen LogP) is 3.49. The number of carbonyl (C=O) groups excluding carboxylic acids is 1. The van der Waals surface area contributed by atoms with Crippen LogP contribution in [0.25, 0.3) is 0 Å². The zero-order valence-corrected chi connectivity index (χ0v) is 13.7. The summed E-state index contributed by atoms with van der Waals surface area (Å²) in [6.45, 7) is 2.56. The summed E-state index contributed by atoms with van der Waals surface area (Å²) in [7, 11) is 2.99. The van der Waals surface area contributed by atoms with Crippen LogP contribution in [0.4, 0.5) is 5.69 Å². The molecule has 0 aliphatic heterocycles. The summed E-state index contributed by atoms with van der Waals surface area (Å²) in [5.41, 5.74) is 3.32. The molecule has 2 rings (SSSR count). The minimum absolute atomic E-state index is 0.376. The molecule has 6 heteroatoms. The second-order valence-electron chi connectivity index (χ2n) is 4.54. The largest absolute Gasteiger partial charge is 0.495 e. The van der Waals surface area contributed by atoms with Crippen LogP contribution in [-0.2, 0) is 11.3 Å². The molecule has 0 bridgehead atoms. The van der Waals surface area contributed by atoms with Crippen molar-refractivity contribution in [2.45, 2.75) is 13.5 Å². The van der Waals surface area contributed by atoms with Gasteiger partial charge in [0.15, 0.2) is 0 Å². The van der Waals surface area contributed by atoms with Gasteiger partial charge in [0, 0.05) is 10.2 Å². The zero-order valence-electron chi connectivity index (χ0n) is 12.1. The van der Waals surface area contributed by atoms with Gasteiger partial charge in [-0.25, -0.2) is 4.79 Å². The molecule has 0 saturated heterocycles. The molecule has 0 saturated carbocycles. The minimum atomic E-state index is -0.376. The summed E-state index contributed by atoms with van der Waals surface area (Å²) < 4.78 is 11.0. The highest BCUT2D eigenvalue weighted by Crippen LogP contribution is 2.32. The molecule has 1 heterocycles. The highest BCUT2D eigenvalue weighted by molar-refractivity contribution is 9.10. The number of nitrogens with one attached hydrogen (secondary N) is 2. The molecule has 0 spiro atoms. The quantitative estimate of drug-likeness (QED) is 0.808. The lowest BCUT2D eigenvalue weighted by molar-refractivity contribution is 0.0594. The van der Waals surface area contributed by atoms with Crippen LogP contribution in [0.15, 0.2) is 28.7 Å². The van der Waals surface area contributed by atoms with Crippen LogP contribution in [0.1, 0.15) is 21.7 Å². The predicted molar refractivity (Wildman–Crippen MR) is 84.9 cm³/mol. The Kier molecular flexibility index (Phi) is 4.90. The monoisotopic (exact) mass is 352 g/mol. The molecule has 0 fully saturated rings. The molecule has 0 radical (unpaired) electrons. The number of anilines is 1. The first-order chi connectivity index (χ1) is 10.0. The van der Waals surface area contributed by atoms with Crippen molar-refractivity contribution in [1.29, 1.82) is 0 Å². The van der Waals surface area contributed by atoms with Crippen LogP contribution in [0.5, 0.6) is 5.75 Å². The molecule has 2 N–H and O–H groups in total. The second kappa shape index (κ2) is 6.67. The first kappa shape index (κ1) is 15.4. The number of H-pyrrole nitrogens is 1. The van der Waals surface area contributed by atoms with Crippen molar-refractivity contribution in [2.75, 3.05) is 19.5 Å². The molecule has 21 heavy (non-hydrogen) atoms. The summed E-state index contributed by atoms with van der Waals surface area (Å²) in [4.78, 5) is 14.4. The number of esters is 1. The van der Waals surface area contributed by atoms with E-state index in [1.54, 1.807) is 13.2 Å². The maximum Gasteiger partial charge on any atom is 0.354 e. The molecular weight excluding hydrogens is 336 g/mol. The maximum atomic E-state index is 11.4. The topological polar surface area (TPSA) is 63.4 Å². The van der Waals surface area contributed by atoms with Crippen LogP contribution in [0.2, 0.25) is 0 Å². The molecular formula is C15H17BrN2O3. The molecule has 2 aromatic rings. The number of halogens is 1. The molecule has 0 atom stereocenters. The second-order valence-corrected chi connectivity index (χ2v) is 5.46. The van der Waals surface area contributed by atoms with Gasteiger partial charge in [-0.2, -0.15) is 0 Å². The fourth-order valence-electron chi connectivity index (χ4n) is 2.06. The van der Waals surface area contributed by atoms with E-state index in [2.05, 4.69) is 31.0 Å². The SMILES string of the molecule is COC(=O)c1ccc(CNc2c(C)cc(Br)cc2OC)[nH]1. The minimum Gasteiger partial charge on any atom is -0.495 e. The highest BCUT2D eigenvalue weighted by Gasteiger charge is 2.10. The summed E-state index contributed by atoms with van der Waals surface area (Å²) in [5, 5.41) is 3.32. The van der Waals surface area contributed by atoms with Gasteiger partial charge in [-0.15, -0.1) is 0 Å². The smallest absolute Gasteiger partial charge is 0.354 e. The lowest BCUT2D eigenvalue weighted by atomic mass is 10.2. The van der Waals surface area contributed by atoms with E-state index in [1.165, 1.54) is 7.11 Å². The van der Waals surface area contributed by atoms with E-state index in [0.717, 1.165) is 27.2 Å². The first-order valence-corrected chi connectivity index (χ1v) is 7.18. The Labute approximate surface area is 131 Å². The molecule has 1 aromatic carbocycles. The van der Waals surface area contributed by atoms with Gasteiger partial charge < -0.3 is 19.8 Å². The number of aryl methyl sites for hydroxylation is 1. The van der Waals surface area contributed by atoms with Crippen molar-refractivity contribution in [3.8, 4) is 5.75 Å². The van der Waals surface area contributed by atoms with Gasteiger partial charge in [0.05, 0.1) is 26.5 Å². The van der Waals surface area contributed by atoms with Crippen LogP contribution in [0, 0.1) is 6.92 Å². The summed E-state index contributed by atoms with van der Waals surface area (Å²) in [5.74, 6) is 0.389. The normalized spacial score (nSPS) is 10.3. The molecule has 0 unspecified atom stereocenters. The molecule has 1 aromatic heterocycles. The molecule has 0 amide bonds. The third kappa shape index (κ3) is 3.58. The van der Waals surface area contributed by atoms with E-state index >= 15 is 0 Å². The lowest BCUT2D eigenvalue weighted by Crippen LogP contribution is -2.05. The van der Waals surface area contributed by atoms with Crippen LogP contribution in [0.3, 0.4) is 0 Å². The van der Waals surface area contributed by atoms with Crippen molar-refractivity contribution >= 4 is 27.6 Å². The number of hydrogen-bond donors (Lipinski definition) is 2. The van der Waals surface area contributed by atoms with Crippen molar-refractivity contribution in [1.82, 2.24) is 4.98 Å². The Hall–Kier alpha value is -1.95. The van der Waals surface area contributed by atoms with Crippen LogP contribution >= 0.6 is 15.9 Å². The summed E-state index contributed by atoms with van der Waals surface area (Å²) in [6, 6.07) is 7.47. The Bertz CT molecular complexity index is 652. The zero-order chi connectivity index (χ0) is 15.4. The number of hydrogen-bond acceptors (Lipinski definition) is 4. The average molecular weight is 353 g/mol. The van der Waals surface area contributed by atoms with E-state index in [-0.39, 0.29) is 5.97 Å². The number of ether oxygens (including phenoxy) is 2. The Morgan fingerprint density at radius 2 is 2.10 bits per heavy atom. The van der Waals surface area contributed by atoms with E-state index in [4.69, 9.17) is 4.74 Å². The van der Waals surface area contributed by atoms with Gasteiger partial charge in [0.2, 0.25) is 0 Å². The number of aromatic nitrogens is 1. The Morgan fingerprint density at radius 3 is 2.76 bits per heavy atom. The third-order valence-corrected chi connectivity index (χ3v) is 3.55. The van der Waals surface area contributed by atoms with E-state index in [1.807, 2.05) is 25.1 Å². The molecule has 0 aliphatic carbocycles. The molecule has 112 valence electrons. The summed E-state index contributed by atoms with van der Waals surface area (Å²) >= 11 is 3.45. The number of carbonyl (C=O) groups is 1. The fourth-order valence-corrected chi connectivity index (χ4v) is 2.61. The first-order valence-electron chi connectivity index (χ1n) is 6.39. The Morgan fingerprint density at radius 1 is 1.33 bits per heavy atom.